The van der Waals surface area contributed by atoms with E-state index in [1.54, 1.807) is 0 Å². The third-order valence-electron chi connectivity index (χ3n) is 5.78. The Bertz CT molecular complexity index is 1350. The zero-order valence-corrected chi connectivity index (χ0v) is 16.4. The van der Waals surface area contributed by atoms with Gasteiger partial charge in [0.25, 0.3) is 0 Å². The molecule has 0 aromatic heterocycles. The summed E-state index contributed by atoms with van der Waals surface area (Å²) in [7, 11) is 0. The lowest BCUT2D eigenvalue weighted by atomic mass is 9.94. The lowest BCUT2D eigenvalue weighted by Crippen LogP contribution is -1.94. The van der Waals surface area contributed by atoms with E-state index in [1.165, 1.54) is 54.2 Å². The van der Waals surface area contributed by atoms with Gasteiger partial charge in [0.05, 0.1) is 5.02 Å². The van der Waals surface area contributed by atoms with Gasteiger partial charge >= 0.3 is 0 Å². The van der Waals surface area contributed by atoms with Crippen molar-refractivity contribution >= 4 is 54.7 Å². The van der Waals surface area contributed by atoms with Gasteiger partial charge in [-0.3, -0.25) is 0 Å². The van der Waals surface area contributed by atoms with Gasteiger partial charge in [-0.05, 0) is 98.1 Å². The monoisotopic (exact) mass is 368 g/mol. The second-order valence-electron chi connectivity index (χ2n) is 7.35. The third-order valence-corrected chi connectivity index (χ3v) is 6.21. The highest BCUT2D eigenvalue weighted by Gasteiger charge is 2.11. The van der Waals surface area contributed by atoms with Crippen LogP contribution in [0.3, 0.4) is 0 Å². The van der Waals surface area contributed by atoms with Crippen LogP contribution in [0, 0.1) is 0 Å². The third kappa shape index (κ3) is 2.59. The van der Waals surface area contributed by atoms with Crippen LogP contribution in [0.15, 0.2) is 66.7 Å². The first-order valence-corrected chi connectivity index (χ1v) is 10.1. The van der Waals surface area contributed by atoms with Crippen molar-refractivity contribution in [3.63, 3.8) is 0 Å². The molecule has 0 heterocycles. The zero-order valence-electron chi connectivity index (χ0n) is 15.6. The molecule has 0 unspecified atom stereocenters. The molecular formula is C26H21Cl. The summed E-state index contributed by atoms with van der Waals surface area (Å²) in [6, 6.07) is 24.6. The molecule has 0 aliphatic heterocycles. The maximum Gasteiger partial charge on any atom is 0.0519 e. The minimum Gasteiger partial charge on any atom is -0.0834 e. The number of aryl methyl sites for hydroxylation is 1. The summed E-state index contributed by atoms with van der Waals surface area (Å²) in [5, 5.41) is 11.0. The molecule has 0 atom stereocenters. The molecule has 0 spiro atoms. The summed E-state index contributed by atoms with van der Waals surface area (Å²) in [5.41, 5.74) is 2.65. The van der Waals surface area contributed by atoms with Gasteiger partial charge in [-0.2, -0.15) is 0 Å². The smallest absolute Gasteiger partial charge is 0.0519 e. The van der Waals surface area contributed by atoms with Gasteiger partial charge in [-0.25, -0.2) is 0 Å². The van der Waals surface area contributed by atoms with Crippen molar-refractivity contribution in [1.82, 2.24) is 0 Å². The highest BCUT2D eigenvalue weighted by atomic mass is 35.5. The van der Waals surface area contributed by atoms with Crippen LogP contribution < -0.4 is 0 Å². The van der Waals surface area contributed by atoms with Crippen molar-refractivity contribution in [3.8, 4) is 0 Å². The van der Waals surface area contributed by atoms with E-state index in [0.717, 1.165) is 17.9 Å². The molecule has 5 aromatic rings. The Kier molecular flexibility index (Phi) is 3.84. The van der Waals surface area contributed by atoms with Crippen molar-refractivity contribution in [3.05, 3.63) is 82.9 Å². The number of rotatable bonds is 2. The van der Waals surface area contributed by atoms with Gasteiger partial charge < -0.3 is 0 Å². The molecular weight excluding hydrogens is 348 g/mol. The Morgan fingerprint density at radius 3 is 1.67 bits per heavy atom. The van der Waals surface area contributed by atoms with Gasteiger partial charge in [0.1, 0.15) is 0 Å². The van der Waals surface area contributed by atoms with E-state index in [9.17, 15) is 0 Å². The van der Waals surface area contributed by atoms with E-state index in [0.29, 0.717) is 0 Å². The second-order valence-corrected chi connectivity index (χ2v) is 7.73. The zero-order chi connectivity index (χ0) is 18.5. The molecule has 0 saturated carbocycles. The molecule has 27 heavy (non-hydrogen) atoms. The molecule has 0 radical (unpaired) electrons. The minimum atomic E-state index is 0.923. The van der Waals surface area contributed by atoms with Gasteiger partial charge in [0.15, 0.2) is 0 Å². The quantitative estimate of drug-likeness (QED) is 0.276. The van der Waals surface area contributed by atoms with Crippen molar-refractivity contribution < 1.29 is 0 Å². The summed E-state index contributed by atoms with van der Waals surface area (Å²) in [5.74, 6) is 0. The van der Waals surface area contributed by atoms with Crippen LogP contribution in [0.4, 0.5) is 0 Å². The predicted molar refractivity (Wildman–Crippen MR) is 120 cm³/mol. The van der Waals surface area contributed by atoms with Crippen molar-refractivity contribution in [1.29, 1.82) is 0 Å². The lowest BCUT2D eigenvalue weighted by Gasteiger charge is -2.13. The van der Waals surface area contributed by atoms with E-state index in [4.69, 9.17) is 11.6 Å². The molecule has 0 aliphatic rings. The topological polar surface area (TPSA) is 0 Å². The Hall–Kier alpha value is -2.57. The van der Waals surface area contributed by atoms with E-state index >= 15 is 0 Å². The number of fused-ring (bicyclic) bond motifs is 4. The lowest BCUT2D eigenvalue weighted by molar-refractivity contribution is 1.04. The van der Waals surface area contributed by atoms with E-state index in [-0.39, 0.29) is 0 Å². The summed E-state index contributed by atoms with van der Waals surface area (Å²) in [4.78, 5) is 0. The van der Waals surface area contributed by atoms with Gasteiger partial charge in [0, 0.05) is 5.39 Å². The van der Waals surface area contributed by atoms with E-state index < -0.39 is 0 Å². The molecule has 0 nitrogen and oxygen atoms in total. The summed E-state index contributed by atoms with van der Waals surface area (Å²) >= 11 is 6.82. The average Bonchev–Trinajstić information content (AvgIpc) is 2.69. The molecule has 0 aliphatic carbocycles. The Labute approximate surface area is 164 Å². The van der Waals surface area contributed by atoms with E-state index in [2.05, 4.69) is 80.6 Å². The molecule has 5 aromatic carbocycles. The van der Waals surface area contributed by atoms with Crippen LogP contribution >= 0.6 is 11.6 Å². The normalized spacial score (nSPS) is 11.8. The first-order chi connectivity index (χ1) is 13.2. The molecule has 0 N–H and O–H groups in total. The maximum absolute atomic E-state index is 6.82. The molecule has 1 heteroatoms. The first-order valence-electron chi connectivity index (χ1n) is 9.68. The maximum atomic E-state index is 6.82. The Morgan fingerprint density at radius 1 is 0.593 bits per heavy atom. The largest absolute Gasteiger partial charge is 0.0834 e. The second kappa shape index (κ2) is 6.25. The summed E-state index contributed by atoms with van der Waals surface area (Å²) in [6.07, 6.45) is 1.99. The Balaban J connectivity index is 1.86. The van der Waals surface area contributed by atoms with E-state index in [1.807, 2.05) is 0 Å². The molecule has 0 bridgehead atoms. The highest BCUT2D eigenvalue weighted by Crippen LogP contribution is 2.36. The molecule has 0 fully saturated rings. The number of hydrogen-bond acceptors (Lipinski definition) is 0. The van der Waals surface area contributed by atoms with Crippen LogP contribution in [-0.4, -0.2) is 0 Å². The fourth-order valence-corrected chi connectivity index (χ4v) is 4.77. The van der Waals surface area contributed by atoms with Gasteiger partial charge in [0.2, 0.25) is 0 Å². The average molecular weight is 369 g/mol. The fourth-order valence-electron chi connectivity index (χ4n) is 4.35. The predicted octanol–water partition coefficient (Wildman–Crippen LogP) is 8.08. The van der Waals surface area contributed by atoms with Crippen LogP contribution in [0.2, 0.25) is 5.02 Å². The molecule has 132 valence electrons. The molecule has 0 amide bonds. The van der Waals surface area contributed by atoms with Crippen LogP contribution in [0.1, 0.15) is 25.0 Å². The minimum absolute atomic E-state index is 0.923. The van der Waals surface area contributed by atoms with Crippen LogP contribution in [0.25, 0.3) is 43.1 Å². The fraction of sp³-hybridized carbons (Fsp3) is 0.154. The summed E-state index contributed by atoms with van der Waals surface area (Å²) in [6.45, 7) is 4.39. The van der Waals surface area contributed by atoms with Crippen LogP contribution in [-0.2, 0) is 12.8 Å². The molecule has 0 saturated heterocycles. The Morgan fingerprint density at radius 2 is 1.11 bits per heavy atom. The van der Waals surface area contributed by atoms with Crippen molar-refractivity contribution in [2.45, 2.75) is 26.7 Å². The van der Waals surface area contributed by atoms with Crippen molar-refractivity contribution in [2.24, 2.45) is 0 Å². The highest BCUT2D eigenvalue weighted by molar-refractivity contribution is 6.37. The molecule has 5 rings (SSSR count). The van der Waals surface area contributed by atoms with Gasteiger partial charge in [-0.1, -0.05) is 55.8 Å². The van der Waals surface area contributed by atoms with Crippen molar-refractivity contribution in [2.75, 3.05) is 0 Å². The SMILES string of the molecule is CCc1cc2cc3cc4cc5ccccc5cc4cc3cc2c(Cl)c1CC. The number of hydrogen-bond donors (Lipinski definition) is 0. The van der Waals surface area contributed by atoms with Crippen LogP contribution in [0.5, 0.6) is 0 Å². The number of benzene rings is 5. The number of halogens is 1. The first kappa shape index (κ1) is 16.6. The summed E-state index contributed by atoms with van der Waals surface area (Å²) < 4.78 is 0. The standard InChI is InChI=1S/C26H21Cl/c1-3-16-9-23-14-21-12-19-10-17-7-5-6-8-18(17)11-20(19)13-22(21)15-25(23)26(27)24(16)4-2/h5-15H,3-4H2,1-2H3. The van der Waals surface area contributed by atoms with Gasteiger partial charge in [-0.15, -0.1) is 0 Å².